The Kier molecular flexibility index (Phi) is 6.44. The van der Waals surface area contributed by atoms with Gasteiger partial charge in [-0.3, -0.25) is 0 Å². The monoisotopic (exact) mass is 305 g/mol. The lowest BCUT2D eigenvalue weighted by Crippen LogP contribution is -2.47. The lowest BCUT2D eigenvalue weighted by atomic mass is 9.81. The highest BCUT2D eigenvalue weighted by molar-refractivity contribution is 7.90. The fraction of sp³-hybridized carbons (Fsp3) is 1.00. The van der Waals surface area contributed by atoms with Crippen LogP contribution in [0.15, 0.2) is 0 Å². The molecule has 0 amide bonds. The molecule has 120 valence electrons. The Balaban J connectivity index is 2.46. The van der Waals surface area contributed by atoms with Crippen molar-refractivity contribution in [3.05, 3.63) is 0 Å². The molecule has 1 rings (SSSR count). The first-order chi connectivity index (χ1) is 9.15. The lowest BCUT2D eigenvalue weighted by molar-refractivity contribution is 0.143. The zero-order chi connectivity index (χ0) is 15.4. The molecule has 1 fully saturated rings. The molecule has 0 spiro atoms. The summed E-state index contributed by atoms with van der Waals surface area (Å²) in [5.41, 5.74) is 0.0881. The molecular weight excluding hydrogens is 274 g/mol. The minimum absolute atomic E-state index is 0.0881. The number of hydrogen-bond acceptors (Lipinski definition) is 4. The fourth-order valence-corrected chi connectivity index (χ4v) is 3.41. The molecule has 5 nitrogen and oxygen atoms in total. The van der Waals surface area contributed by atoms with Gasteiger partial charge < -0.3 is 10.2 Å². The summed E-state index contributed by atoms with van der Waals surface area (Å²) in [5.74, 6) is 0. The SMILES string of the molecule is CC(C)NCC(C)S(=O)(=O)NCC1(C)CCN(C)CC1. The van der Waals surface area contributed by atoms with Gasteiger partial charge in [0.2, 0.25) is 10.0 Å². The average Bonchev–Trinajstić information content (AvgIpc) is 2.37. The van der Waals surface area contributed by atoms with E-state index in [1.54, 1.807) is 6.92 Å². The van der Waals surface area contributed by atoms with Crippen molar-refractivity contribution in [1.29, 1.82) is 0 Å². The van der Waals surface area contributed by atoms with Crippen molar-refractivity contribution in [3.8, 4) is 0 Å². The van der Waals surface area contributed by atoms with E-state index in [2.05, 4.69) is 28.9 Å². The van der Waals surface area contributed by atoms with Crippen LogP contribution in [0.5, 0.6) is 0 Å². The van der Waals surface area contributed by atoms with Crippen molar-refractivity contribution in [1.82, 2.24) is 14.9 Å². The van der Waals surface area contributed by atoms with Crippen LogP contribution in [-0.2, 0) is 10.0 Å². The summed E-state index contributed by atoms with van der Waals surface area (Å²) in [7, 11) is -1.12. The molecule has 1 saturated heterocycles. The van der Waals surface area contributed by atoms with Crippen LogP contribution >= 0.6 is 0 Å². The summed E-state index contributed by atoms with van der Waals surface area (Å²) in [6.07, 6.45) is 2.09. The van der Waals surface area contributed by atoms with Crippen molar-refractivity contribution in [2.24, 2.45) is 5.41 Å². The van der Waals surface area contributed by atoms with Crippen LogP contribution in [0.3, 0.4) is 0 Å². The van der Waals surface area contributed by atoms with Gasteiger partial charge >= 0.3 is 0 Å². The molecule has 1 aliphatic rings. The molecule has 0 aliphatic carbocycles. The number of likely N-dealkylation sites (tertiary alicyclic amines) is 1. The molecule has 0 bridgehead atoms. The van der Waals surface area contributed by atoms with E-state index in [-0.39, 0.29) is 5.41 Å². The Hall–Kier alpha value is -0.170. The van der Waals surface area contributed by atoms with Gasteiger partial charge in [0.25, 0.3) is 0 Å². The maximum atomic E-state index is 12.2. The first-order valence-electron chi connectivity index (χ1n) is 7.55. The largest absolute Gasteiger partial charge is 0.313 e. The van der Waals surface area contributed by atoms with E-state index in [9.17, 15) is 8.42 Å². The van der Waals surface area contributed by atoms with E-state index in [0.29, 0.717) is 19.1 Å². The molecule has 1 heterocycles. The van der Waals surface area contributed by atoms with Crippen molar-refractivity contribution in [2.45, 2.75) is 51.8 Å². The molecule has 1 aliphatic heterocycles. The smallest absolute Gasteiger partial charge is 0.215 e. The van der Waals surface area contributed by atoms with Crippen LogP contribution in [0.4, 0.5) is 0 Å². The quantitative estimate of drug-likeness (QED) is 0.737. The van der Waals surface area contributed by atoms with Crippen molar-refractivity contribution >= 4 is 10.0 Å². The number of nitrogens with one attached hydrogen (secondary N) is 2. The number of nitrogens with zero attached hydrogens (tertiary/aromatic N) is 1. The molecule has 6 heteroatoms. The molecule has 0 aromatic rings. The number of sulfonamides is 1. The molecule has 0 radical (unpaired) electrons. The zero-order valence-electron chi connectivity index (χ0n) is 13.6. The molecule has 20 heavy (non-hydrogen) atoms. The number of hydrogen-bond donors (Lipinski definition) is 2. The first kappa shape index (κ1) is 17.9. The summed E-state index contributed by atoms with van der Waals surface area (Å²) in [5, 5.41) is 2.78. The average molecular weight is 305 g/mol. The third-order valence-electron chi connectivity index (χ3n) is 4.24. The summed E-state index contributed by atoms with van der Waals surface area (Å²) in [4.78, 5) is 2.30. The third-order valence-corrected chi connectivity index (χ3v) is 6.01. The predicted molar refractivity (Wildman–Crippen MR) is 84.4 cm³/mol. The number of rotatable bonds is 7. The van der Waals surface area contributed by atoms with Gasteiger partial charge in [-0.05, 0) is 45.3 Å². The Morgan fingerprint density at radius 1 is 1.20 bits per heavy atom. The highest BCUT2D eigenvalue weighted by atomic mass is 32.2. The van der Waals surface area contributed by atoms with Crippen LogP contribution in [0, 0.1) is 5.41 Å². The summed E-state index contributed by atoms with van der Waals surface area (Å²) in [6.45, 7) is 11.1. The maximum absolute atomic E-state index is 12.2. The normalized spacial score (nSPS) is 22.1. The predicted octanol–water partition coefficient (Wildman–Crippen LogP) is 1.02. The first-order valence-corrected chi connectivity index (χ1v) is 9.10. The van der Waals surface area contributed by atoms with Crippen LogP contribution < -0.4 is 10.0 Å². The van der Waals surface area contributed by atoms with E-state index in [4.69, 9.17) is 0 Å². The highest BCUT2D eigenvalue weighted by Gasteiger charge is 2.31. The minimum Gasteiger partial charge on any atom is -0.313 e. The standard InChI is InChI=1S/C14H31N3O2S/c1-12(2)15-10-13(3)20(18,19)16-11-14(4)6-8-17(5)9-7-14/h12-13,15-16H,6-11H2,1-5H3. The van der Waals surface area contributed by atoms with Crippen molar-refractivity contribution < 1.29 is 8.42 Å². The Bertz CT molecular complexity index is 387. The van der Waals surface area contributed by atoms with E-state index in [0.717, 1.165) is 25.9 Å². The van der Waals surface area contributed by atoms with Crippen LogP contribution in [0.1, 0.15) is 40.5 Å². The molecule has 1 unspecified atom stereocenters. The van der Waals surface area contributed by atoms with Crippen LogP contribution in [0.25, 0.3) is 0 Å². The van der Waals surface area contributed by atoms with E-state index < -0.39 is 15.3 Å². The second-order valence-corrected chi connectivity index (χ2v) is 9.04. The Morgan fingerprint density at radius 2 is 1.75 bits per heavy atom. The Morgan fingerprint density at radius 3 is 2.25 bits per heavy atom. The van der Waals surface area contributed by atoms with Gasteiger partial charge in [0, 0.05) is 19.1 Å². The molecule has 1 atom stereocenters. The van der Waals surface area contributed by atoms with E-state index >= 15 is 0 Å². The van der Waals surface area contributed by atoms with Gasteiger partial charge in [0.1, 0.15) is 0 Å². The van der Waals surface area contributed by atoms with Crippen LogP contribution in [0.2, 0.25) is 0 Å². The zero-order valence-corrected chi connectivity index (χ0v) is 14.4. The molecule has 0 saturated carbocycles. The molecule has 2 N–H and O–H groups in total. The van der Waals surface area contributed by atoms with E-state index in [1.165, 1.54) is 0 Å². The van der Waals surface area contributed by atoms with Gasteiger partial charge in [-0.2, -0.15) is 0 Å². The van der Waals surface area contributed by atoms with Gasteiger partial charge in [-0.15, -0.1) is 0 Å². The molecule has 0 aromatic carbocycles. The summed E-state index contributed by atoms with van der Waals surface area (Å²) in [6, 6.07) is 0.305. The fourth-order valence-electron chi connectivity index (χ4n) is 2.26. The molecular formula is C14H31N3O2S. The Labute approximate surface area is 124 Å². The van der Waals surface area contributed by atoms with Crippen molar-refractivity contribution in [2.75, 3.05) is 33.2 Å². The van der Waals surface area contributed by atoms with Gasteiger partial charge in [0.05, 0.1) is 5.25 Å². The molecule has 0 aromatic heterocycles. The summed E-state index contributed by atoms with van der Waals surface area (Å²) < 4.78 is 27.3. The number of piperidine rings is 1. The van der Waals surface area contributed by atoms with Gasteiger partial charge in [-0.1, -0.05) is 20.8 Å². The maximum Gasteiger partial charge on any atom is 0.215 e. The third kappa shape index (κ3) is 5.68. The second-order valence-electron chi connectivity index (χ2n) is 6.85. The van der Waals surface area contributed by atoms with Crippen molar-refractivity contribution in [3.63, 3.8) is 0 Å². The van der Waals surface area contributed by atoms with Crippen LogP contribution in [-0.4, -0.2) is 57.8 Å². The summed E-state index contributed by atoms with van der Waals surface area (Å²) >= 11 is 0. The lowest BCUT2D eigenvalue weighted by Gasteiger charge is -2.38. The van der Waals surface area contributed by atoms with Gasteiger partial charge in [-0.25, -0.2) is 13.1 Å². The second kappa shape index (κ2) is 7.20. The minimum atomic E-state index is -3.23. The van der Waals surface area contributed by atoms with Gasteiger partial charge in [0.15, 0.2) is 0 Å². The van der Waals surface area contributed by atoms with E-state index in [1.807, 2.05) is 13.8 Å². The highest BCUT2D eigenvalue weighted by Crippen LogP contribution is 2.29. The topological polar surface area (TPSA) is 61.4 Å².